The summed E-state index contributed by atoms with van der Waals surface area (Å²) in [5.41, 5.74) is 2.08. The Hall–Kier alpha value is -3.74. The average Bonchev–Trinajstić information content (AvgIpc) is 3.05. The molecule has 0 bridgehead atoms. The molecule has 1 aliphatic rings. The molecule has 0 aromatic heterocycles. The van der Waals surface area contributed by atoms with E-state index in [1.54, 1.807) is 12.1 Å². The van der Waals surface area contributed by atoms with Gasteiger partial charge in [-0.1, -0.05) is 23.8 Å². The molecular weight excluding hydrogens is 384 g/mol. The minimum Gasteiger partial charge on any atom is -0.465 e. The van der Waals surface area contributed by atoms with Crippen molar-refractivity contribution in [2.75, 3.05) is 18.6 Å². The Morgan fingerprint density at radius 3 is 2.27 bits per heavy atom. The summed E-state index contributed by atoms with van der Waals surface area (Å²) >= 11 is 0. The predicted octanol–water partition coefficient (Wildman–Crippen LogP) is 2.74. The molecular formula is C23H22N2O5. The number of anilines is 1. The van der Waals surface area contributed by atoms with E-state index in [1.807, 2.05) is 19.1 Å². The maximum atomic E-state index is 13.1. The van der Waals surface area contributed by atoms with Crippen LogP contribution in [0.1, 0.15) is 32.7 Å². The fourth-order valence-electron chi connectivity index (χ4n) is 3.35. The quantitative estimate of drug-likeness (QED) is 0.418. The second-order valence-electron chi connectivity index (χ2n) is 6.94. The number of nitrogens with zero attached hydrogens (tertiary/aromatic N) is 2. The fraction of sp³-hybridized carbons (Fsp3) is 0.217. The summed E-state index contributed by atoms with van der Waals surface area (Å²) < 4.78 is 4.66. The summed E-state index contributed by atoms with van der Waals surface area (Å²) in [5, 5.41) is 0. The van der Waals surface area contributed by atoms with Crippen molar-refractivity contribution in [1.29, 1.82) is 0 Å². The van der Waals surface area contributed by atoms with Gasteiger partial charge in [-0.15, -0.1) is 6.58 Å². The van der Waals surface area contributed by atoms with Crippen molar-refractivity contribution < 1.29 is 23.9 Å². The van der Waals surface area contributed by atoms with Crippen LogP contribution in [-0.2, 0) is 14.3 Å². The Morgan fingerprint density at radius 2 is 1.70 bits per heavy atom. The molecule has 0 aliphatic carbocycles. The van der Waals surface area contributed by atoms with Crippen LogP contribution in [-0.4, -0.2) is 48.3 Å². The Balaban J connectivity index is 1.87. The highest BCUT2D eigenvalue weighted by Crippen LogP contribution is 2.27. The van der Waals surface area contributed by atoms with Crippen LogP contribution in [0.5, 0.6) is 0 Å². The first-order chi connectivity index (χ1) is 14.4. The largest absolute Gasteiger partial charge is 0.465 e. The highest BCUT2D eigenvalue weighted by molar-refractivity contribution is 6.23. The van der Waals surface area contributed by atoms with Gasteiger partial charge in [0.1, 0.15) is 6.04 Å². The lowest BCUT2D eigenvalue weighted by molar-refractivity contribution is -0.122. The SMILES string of the molecule is C=CCN(C(=O)c1ccc(C)cc1)C1CC(=O)N(c2ccc(C(=O)OC)cc2)C1=O. The molecule has 1 fully saturated rings. The first-order valence-electron chi connectivity index (χ1n) is 9.41. The zero-order chi connectivity index (χ0) is 21.8. The third-order valence-electron chi connectivity index (χ3n) is 4.93. The fourth-order valence-corrected chi connectivity index (χ4v) is 3.35. The van der Waals surface area contributed by atoms with Crippen LogP contribution >= 0.6 is 0 Å². The summed E-state index contributed by atoms with van der Waals surface area (Å²) in [4.78, 5) is 52.7. The third kappa shape index (κ3) is 4.00. The van der Waals surface area contributed by atoms with Crippen LogP contribution in [0.15, 0.2) is 61.2 Å². The number of imide groups is 1. The predicted molar refractivity (Wildman–Crippen MR) is 111 cm³/mol. The smallest absolute Gasteiger partial charge is 0.337 e. The number of hydrogen-bond acceptors (Lipinski definition) is 5. The molecule has 1 saturated heterocycles. The molecule has 0 saturated carbocycles. The minimum atomic E-state index is -0.926. The Kier molecular flexibility index (Phi) is 6.11. The van der Waals surface area contributed by atoms with Gasteiger partial charge in [0.2, 0.25) is 5.91 Å². The highest BCUT2D eigenvalue weighted by Gasteiger charge is 2.44. The number of hydrogen-bond donors (Lipinski definition) is 0. The zero-order valence-corrected chi connectivity index (χ0v) is 16.8. The van der Waals surface area contributed by atoms with Gasteiger partial charge in [0.25, 0.3) is 11.8 Å². The molecule has 2 aromatic rings. The lowest BCUT2D eigenvalue weighted by atomic mass is 10.1. The molecule has 3 rings (SSSR count). The maximum Gasteiger partial charge on any atom is 0.337 e. The van der Waals surface area contributed by atoms with Crippen LogP contribution in [0, 0.1) is 6.92 Å². The molecule has 0 N–H and O–H groups in total. The van der Waals surface area contributed by atoms with Gasteiger partial charge >= 0.3 is 5.97 Å². The summed E-state index contributed by atoms with van der Waals surface area (Å²) in [6.45, 7) is 5.72. The molecule has 154 valence electrons. The Labute approximate surface area is 174 Å². The number of esters is 1. The second-order valence-corrected chi connectivity index (χ2v) is 6.94. The molecule has 1 atom stereocenters. The highest BCUT2D eigenvalue weighted by atomic mass is 16.5. The van der Waals surface area contributed by atoms with E-state index in [0.29, 0.717) is 16.8 Å². The van der Waals surface area contributed by atoms with Crippen LogP contribution in [0.2, 0.25) is 0 Å². The van der Waals surface area contributed by atoms with Gasteiger partial charge in [-0.25, -0.2) is 9.69 Å². The molecule has 1 heterocycles. The van der Waals surface area contributed by atoms with E-state index in [9.17, 15) is 19.2 Å². The minimum absolute atomic E-state index is 0.122. The van der Waals surface area contributed by atoms with E-state index in [0.717, 1.165) is 10.5 Å². The van der Waals surface area contributed by atoms with E-state index in [2.05, 4.69) is 11.3 Å². The van der Waals surface area contributed by atoms with Crippen molar-refractivity contribution in [3.05, 3.63) is 77.9 Å². The lowest BCUT2D eigenvalue weighted by Crippen LogP contribution is -2.45. The second kappa shape index (κ2) is 8.73. The van der Waals surface area contributed by atoms with Crippen molar-refractivity contribution >= 4 is 29.4 Å². The van der Waals surface area contributed by atoms with Crippen LogP contribution < -0.4 is 4.90 Å². The van der Waals surface area contributed by atoms with Gasteiger partial charge in [0.15, 0.2) is 0 Å². The molecule has 7 nitrogen and oxygen atoms in total. The summed E-state index contributed by atoms with van der Waals surface area (Å²) in [7, 11) is 1.27. The number of rotatable bonds is 6. The molecule has 3 amide bonds. The van der Waals surface area contributed by atoms with E-state index >= 15 is 0 Å². The van der Waals surface area contributed by atoms with Crippen LogP contribution in [0.25, 0.3) is 0 Å². The molecule has 2 aromatic carbocycles. The van der Waals surface area contributed by atoms with Crippen molar-refractivity contribution in [2.24, 2.45) is 0 Å². The third-order valence-corrected chi connectivity index (χ3v) is 4.93. The summed E-state index contributed by atoms with van der Waals surface area (Å²) in [5.74, 6) is -1.77. The van der Waals surface area contributed by atoms with Gasteiger partial charge in [0.05, 0.1) is 24.8 Å². The first-order valence-corrected chi connectivity index (χ1v) is 9.41. The number of aryl methyl sites for hydroxylation is 1. The maximum absolute atomic E-state index is 13.1. The van der Waals surface area contributed by atoms with Gasteiger partial charge in [-0.3, -0.25) is 14.4 Å². The molecule has 1 unspecified atom stereocenters. The van der Waals surface area contributed by atoms with Crippen molar-refractivity contribution in [3.8, 4) is 0 Å². The molecule has 7 heteroatoms. The number of carbonyl (C=O) groups is 4. The summed E-state index contributed by atoms with van der Waals surface area (Å²) in [6.07, 6.45) is 1.40. The lowest BCUT2D eigenvalue weighted by Gasteiger charge is -2.26. The van der Waals surface area contributed by atoms with E-state index < -0.39 is 23.8 Å². The molecule has 1 aliphatic heterocycles. The number of ether oxygens (including phenoxy) is 1. The van der Waals surface area contributed by atoms with Gasteiger partial charge in [-0.05, 0) is 43.3 Å². The molecule has 0 spiro atoms. The van der Waals surface area contributed by atoms with Crippen LogP contribution in [0.3, 0.4) is 0 Å². The summed E-state index contributed by atoms with van der Waals surface area (Å²) in [6, 6.07) is 12.1. The first kappa shape index (κ1) is 21.0. The van der Waals surface area contributed by atoms with Crippen molar-refractivity contribution in [1.82, 2.24) is 4.90 Å². The van der Waals surface area contributed by atoms with Gasteiger partial charge in [-0.2, -0.15) is 0 Å². The number of methoxy groups -OCH3 is 1. The van der Waals surface area contributed by atoms with Crippen molar-refractivity contribution in [3.63, 3.8) is 0 Å². The van der Waals surface area contributed by atoms with Crippen molar-refractivity contribution in [2.45, 2.75) is 19.4 Å². The standard InChI is InChI=1S/C23H22N2O5/c1-4-13-24(21(27)16-7-5-15(2)6-8-16)19-14-20(26)25(22(19)28)18-11-9-17(10-12-18)23(29)30-3/h4-12,19H,1,13-14H2,2-3H3. The molecule has 30 heavy (non-hydrogen) atoms. The number of carbonyl (C=O) groups excluding carboxylic acids is 4. The monoisotopic (exact) mass is 406 g/mol. The van der Waals surface area contributed by atoms with Crippen LogP contribution in [0.4, 0.5) is 5.69 Å². The van der Waals surface area contributed by atoms with Gasteiger partial charge < -0.3 is 9.64 Å². The Bertz CT molecular complexity index is 995. The zero-order valence-electron chi connectivity index (χ0n) is 16.8. The number of amides is 3. The average molecular weight is 406 g/mol. The van der Waals surface area contributed by atoms with E-state index in [4.69, 9.17) is 0 Å². The van der Waals surface area contributed by atoms with E-state index in [1.165, 1.54) is 42.4 Å². The van der Waals surface area contributed by atoms with E-state index in [-0.39, 0.29) is 18.9 Å². The van der Waals surface area contributed by atoms with Gasteiger partial charge in [0, 0.05) is 12.1 Å². The topological polar surface area (TPSA) is 84.0 Å². The Morgan fingerprint density at radius 1 is 1.10 bits per heavy atom. The normalized spacial score (nSPS) is 15.8. The molecule has 0 radical (unpaired) electrons. The number of benzene rings is 2.